The molecular weight excluding hydrogens is 461 g/mol. The first-order valence-corrected chi connectivity index (χ1v) is 11.9. The smallest absolute Gasteiger partial charge is 0.254 e. The maximum atomic E-state index is 14.8. The van der Waals surface area contributed by atoms with Crippen molar-refractivity contribution < 1.29 is 18.0 Å². The van der Waals surface area contributed by atoms with Crippen molar-refractivity contribution in [3.8, 4) is 11.5 Å². The summed E-state index contributed by atoms with van der Waals surface area (Å²) in [5.74, 6) is 0.623. The predicted molar refractivity (Wildman–Crippen MR) is 130 cm³/mol. The summed E-state index contributed by atoms with van der Waals surface area (Å²) in [4.78, 5) is 19.6. The normalized spacial score (nSPS) is 15.0. The maximum Gasteiger partial charge on any atom is 0.254 e. The number of amides is 1. The number of halogens is 1. The average molecular weight is 490 g/mol. The summed E-state index contributed by atoms with van der Waals surface area (Å²) in [7, 11) is 0. The molecule has 2 aromatic heterocycles. The van der Waals surface area contributed by atoms with Gasteiger partial charge in [-0.05, 0) is 56.9 Å². The summed E-state index contributed by atoms with van der Waals surface area (Å²) >= 11 is 0. The molecule has 0 aliphatic heterocycles. The van der Waals surface area contributed by atoms with Crippen molar-refractivity contribution in [3.05, 3.63) is 88.7 Å². The first-order chi connectivity index (χ1) is 17.2. The lowest BCUT2D eigenvalue weighted by atomic mass is 9.94. The quantitative estimate of drug-likeness (QED) is 0.382. The summed E-state index contributed by atoms with van der Waals surface area (Å²) in [6.45, 7) is 5.72. The van der Waals surface area contributed by atoms with Crippen molar-refractivity contribution in [2.45, 2.75) is 58.2 Å². The van der Waals surface area contributed by atoms with E-state index in [1.807, 2.05) is 37.3 Å². The molecule has 1 atom stereocenters. The Morgan fingerprint density at radius 1 is 1.14 bits per heavy atom. The maximum absolute atomic E-state index is 14.8. The first kappa shape index (κ1) is 23.9. The van der Waals surface area contributed by atoms with Gasteiger partial charge in [-0.25, -0.2) is 9.37 Å². The Labute approximate surface area is 208 Å². The Balaban J connectivity index is 1.40. The molecule has 5 rings (SSSR count). The van der Waals surface area contributed by atoms with Crippen LogP contribution >= 0.6 is 0 Å². The van der Waals surface area contributed by atoms with Gasteiger partial charge in [-0.3, -0.25) is 4.79 Å². The van der Waals surface area contributed by atoms with Crippen LogP contribution in [0.3, 0.4) is 0 Å². The van der Waals surface area contributed by atoms with Gasteiger partial charge in [0.15, 0.2) is 5.89 Å². The average Bonchev–Trinajstić information content (AvgIpc) is 3.46. The van der Waals surface area contributed by atoms with Gasteiger partial charge in [0.05, 0.1) is 17.6 Å². The van der Waals surface area contributed by atoms with Gasteiger partial charge in [0.25, 0.3) is 11.8 Å². The number of carbonyl (C=O) groups is 1. The lowest BCUT2D eigenvalue weighted by molar-refractivity contribution is 0.0727. The van der Waals surface area contributed by atoms with E-state index in [-0.39, 0.29) is 29.3 Å². The van der Waals surface area contributed by atoms with Gasteiger partial charge in [-0.15, -0.1) is 10.2 Å². The molecule has 2 aromatic carbocycles. The van der Waals surface area contributed by atoms with Crippen LogP contribution in [0.5, 0.6) is 0 Å². The fourth-order valence-electron chi connectivity index (χ4n) is 4.28. The Bertz CT molecular complexity index is 1390. The minimum atomic E-state index is -0.952. The number of benzene rings is 2. The highest BCUT2D eigenvalue weighted by atomic mass is 19.1. The molecule has 0 spiro atoms. The molecule has 4 aromatic rings. The van der Waals surface area contributed by atoms with Crippen LogP contribution in [0.25, 0.3) is 11.5 Å². The minimum Gasteiger partial charge on any atom is -0.446 e. The number of carbonyl (C=O) groups excluding carboxylic acids is 1. The number of rotatable bonds is 8. The van der Waals surface area contributed by atoms with E-state index in [9.17, 15) is 9.18 Å². The van der Waals surface area contributed by atoms with Gasteiger partial charge in [0.1, 0.15) is 17.3 Å². The molecule has 1 amide bonds. The molecule has 0 unspecified atom stereocenters. The molecule has 9 heteroatoms. The second kappa shape index (κ2) is 9.31. The van der Waals surface area contributed by atoms with Crippen molar-refractivity contribution in [1.29, 1.82) is 0 Å². The Morgan fingerprint density at radius 2 is 1.89 bits per heavy atom. The van der Waals surface area contributed by atoms with E-state index in [0.717, 1.165) is 24.1 Å². The molecule has 2 N–H and O–H groups in total. The van der Waals surface area contributed by atoms with E-state index in [0.29, 0.717) is 30.2 Å². The van der Waals surface area contributed by atoms with Crippen LogP contribution in [0, 0.1) is 19.7 Å². The fraction of sp³-hybridized carbons (Fsp3) is 0.333. The zero-order valence-electron chi connectivity index (χ0n) is 20.5. The van der Waals surface area contributed by atoms with Crippen LogP contribution in [-0.4, -0.2) is 32.0 Å². The third-order valence-corrected chi connectivity index (χ3v) is 6.34. The summed E-state index contributed by atoms with van der Waals surface area (Å²) < 4.78 is 26.2. The van der Waals surface area contributed by atoms with Crippen LogP contribution in [0.4, 0.5) is 4.39 Å². The zero-order chi connectivity index (χ0) is 25.4. The molecule has 8 nitrogen and oxygen atoms in total. The van der Waals surface area contributed by atoms with Crippen molar-refractivity contribution in [2.75, 3.05) is 0 Å². The highest BCUT2D eigenvalue weighted by Gasteiger charge is 2.35. The largest absolute Gasteiger partial charge is 0.446 e. The molecule has 1 saturated carbocycles. The molecule has 1 aliphatic rings. The molecular formula is C27H28FN5O3. The number of oxazole rings is 1. The third-order valence-electron chi connectivity index (χ3n) is 6.34. The van der Waals surface area contributed by atoms with Gasteiger partial charge in [0.2, 0.25) is 5.89 Å². The SMILES string of the molecule is Cc1nc(CN(C(=O)c2ccc(F)c(-c3nnc([C@](C)(N)Cc4ccccc4)o3)c2)C2CC2)c(C)o1. The molecule has 2 heterocycles. The number of aryl methyl sites for hydroxylation is 2. The second-order valence-corrected chi connectivity index (χ2v) is 9.59. The third kappa shape index (κ3) is 4.92. The predicted octanol–water partition coefficient (Wildman–Crippen LogP) is 4.70. The Morgan fingerprint density at radius 3 is 2.56 bits per heavy atom. The van der Waals surface area contributed by atoms with Crippen molar-refractivity contribution >= 4 is 5.91 Å². The van der Waals surface area contributed by atoms with Gasteiger partial charge in [-0.1, -0.05) is 30.3 Å². The van der Waals surface area contributed by atoms with Gasteiger partial charge < -0.3 is 19.5 Å². The summed E-state index contributed by atoms with van der Waals surface area (Å²) in [5, 5.41) is 8.14. The van der Waals surface area contributed by atoms with Crippen LogP contribution < -0.4 is 5.73 Å². The van der Waals surface area contributed by atoms with Crippen molar-refractivity contribution in [2.24, 2.45) is 5.73 Å². The van der Waals surface area contributed by atoms with Crippen LogP contribution in [0.2, 0.25) is 0 Å². The van der Waals surface area contributed by atoms with Gasteiger partial charge >= 0.3 is 0 Å². The number of hydrogen-bond acceptors (Lipinski definition) is 7. The lowest BCUT2D eigenvalue weighted by Crippen LogP contribution is -2.35. The Kier molecular flexibility index (Phi) is 6.17. The first-order valence-electron chi connectivity index (χ1n) is 11.9. The van der Waals surface area contributed by atoms with Gasteiger partial charge in [-0.2, -0.15) is 0 Å². The number of nitrogens with zero attached hydrogens (tertiary/aromatic N) is 4. The molecule has 1 fully saturated rings. The fourth-order valence-corrected chi connectivity index (χ4v) is 4.28. The number of aromatic nitrogens is 3. The molecule has 186 valence electrons. The molecule has 0 bridgehead atoms. The van der Waals surface area contributed by atoms with Crippen molar-refractivity contribution in [1.82, 2.24) is 20.1 Å². The van der Waals surface area contributed by atoms with E-state index in [1.165, 1.54) is 18.2 Å². The Hall–Kier alpha value is -3.85. The van der Waals surface area contributed by atoms with E-state index >= 15 is 0 Å². The summed E-state index contributed by atoms with van der Waals surface area (Å²) in [5.41, 5.74) is 7.65. The number of nitrogens with two attached hydrogens (primary N) is 1. The van der Waals surface area contributed by atoms with Crippen LogP contribution in [0.1, 0.15) is 58.9 Å². The van der Waals surface area contributed by atoms with Crippen LogP contribution in [-0.2, 0) is 18.5 Å². The van der Waals surface area contributed by atoms with Crippen LogP contribution in [0.15, 0.2) is 57.4 Å². The van der Waals surface area contributed by atoms with E-state index in [2.05, 4.69) is 15.2 Å². The molecule has 36 heavy (non-hydrogen) atoms. The van der Waals surface area contributed by atoms with E-state index in [1.54, 1.807) is 18.7 Å². The van der Waals surface area contributed by atoms with Gasteiger partial charge in [0, 0.05) is 18.5 Å². The summed E-state index contributed by atoms with van der Waals surface area (Å²) in [6.07, 6.45) is 2.30. The van der Waals surface area contributed by atoms with E-state index < -0.39 is 11.4 Å². The van der Waals surface area contributed by atoms with Crippen molar-refractivity contribution in [3.63, 3.8) is 0 Å². The lowest BCUT2D eigenvalue weighted by Gasteiger charge is -2.22. The minimum absolute atomic E-state index is 0.0252. The standard InChI is InChI=1S/C27H28FN5O3/c1-16-23(30-17(2)35-16)15-33(20-10-11-20)25(34)19-9-12-22(28)21(13-19)24-31-32-26(36-24)27(3,29)14-18-7-5-4-6-8-18/h4-9,12-13,20H,10-11,14-15,29H2,1-3H3/t27-/m1/s1. The highest BCUT2D eigenvalue weighted by molar-refractivity contribution is 5.95. The van der Waals surface area contributed by atoms with E-state index in [4.69, 9.17) is 14.6 Å². The monoisotopic (exact) mass is 489 g/mol. The summed E-state index contributed by atoms with van der Waals surface area (Å²) in [6, 6.07) is 14.0. The molecule has 0 radical (unpaired) electrons. The molecule has 1 aliphatic carbocycles. The second-order valence-electron chi connectivity index (χ2n) is 9.59. The topological polar surface area (TPSA) is 111 Å². The zero-order valence-corrected chi connectivity index (χ0v) is 20.5. The highest BCUT2D eigenvalue weighted by Crippen LogP contribution is 2.32. The molecule has 0 saturated heterocycles. The number of hydrogen-bond donors (Lipinski definition) is 1.